The summed E-state index contributed by atoms with van der Waals surface area (Å²) in [6.45, 7) is 0.848. The number of thiophene rings is 1. The first-order valence-electron chi connectivity index (χ1n) is 5.42. The average molecular weight is 293 g/mol. The number of alkyl halides is 3. The molecule has 8 heteroatoms. The highest BCUT2D eigenvalue weighted by atomic mass is 32.1. The molecule has 0 spiro atoms. The second kappa shape index (κ2) is 5.20. The zero-order valence-corrected chi connectivity index (χ0v) is 10.8. The van der Waals surface area contributed by atoms with Gasteiger partial charge in [0.1, 0.15) is 6.54 Å². The van der Waals surface area contributed by atoms with Crippen molar-refractivity contribution in [2.45, 2.75) is 26.2 Å². The first kappa shape index (κ1) is 13.9. The van der Waals surface area contributed by atoms with Crippen LogP contribution in [0.3, 0.4) is 0 Å². The topological polar surface area (TPSA) is 29.9 Å². The van der Waals surface area contributed by atoms with Crippen molar-refractivity contribution < 1.29 is 17.6 Å². The Morgan fingerprint density at radius 3 is 2.68 bits per heavy atom. The predicted molar refractivity (Wildman–Crippen MR) is 64.6 cm³/mol. The molecule has 0 fully saturated rings. The summed E-state index contributed by atoms with van der Waals surface area (Å²) >= 11 is 0.993. The van der Waals surface area contributed by atoms with Gasteiger partial charge < -0.3 is 5.32 Å². The van der Waals surface area contributed by atoms with Gasteiger partial charge in [0.2, 0.25) is 0 Å². The van der Waals surface area contributed by atoms with Crippen LogP contribution >= 0.6 is 11.3 Å². The standard InChI is InChI=1S/C11H11F4N3S/c1-7-9(5-18(17-7)6-11(13,14)15)16-4-8-2-3-10(12)19-8/h2-3,5,16H,4,6H2,1H3. The molecule has 0 aromatic carbocycles. The fourth-order valence-electron chi connectivity index (χ4n) is 1.59. The van der Waals surface area contributed by atoms with Gasteiger partial charge >= 0.3 is 6.18 Å². The molecule has 0 saturated heterocycles. The van der Waals surface area contributed by atoms with Gasteiger partial charge in [0, 0.05) is 17.6 Å². The number of nitrogens with one attached hydrogen (secondary N) is 1. The molecule has 0 amide bonds. The van der Waals surface area contributed by atoms with Crippen LogP contribution in [0.5, 0.6) is 0 Å². The molecule has 3 nitrogen and oxygen atoms in total. The van der Waals surface area contributed by atoms with Gasteiger partial charge in [0.15, 0.2) is 5.13 Å². The van der Waals surface area contributed by atoms with Gasteiger partial charge in [0.25, 0.3) is 0 Å². The number of anilines is 1. The van der Waals surface area contributed by atoms with Gasteiger partial charge in [-0.25, -0.2) is 0 Å². The van der Waals surface area contributed by atoms with E-state index in [1.54, 1.807) is 13.0 Å². The van der Waals surface area contributed by atoms with Crippen molar-refractivity contribution in [3.8, 4) is 0 Å². The van der Waals surface area contributed by atoms with Crippen LogP contribution in [0, 0.1) is 12.1 Å². The molecule has 0 radical (unpaired) electrons. The van der Waals surface area contributed by atoms with Crippen LogP contribution < -0.4 is 5.32 Å². The number of halogens is 4. The monoisotopic (exact) mass is 293 g/mol. The van der Waals surface area contributed by atoms with E-state index in [0.717, 1.165) is 20.9 Å². The van der Waals surface area contributed by atoms with Crippen molar-refractivity contribution in [3.05, 3.63) is 34.0 Å². The summed E-state index contributed by atoms with van der Waals surface area (Å²) in [5.74, 6) is 0. The third kappa shape index (κ3) is 3.95. The molecule has 2 aromatic rings. The van der Waals surface area contributed by atoms with Crippen LogP contribution in [0.2, 0.25) is 0 Å². The summed E-state index contributed by atoms with van der Waals surface area (Å²) in [5.41, 5.74) is 0.985. The molecule has 0 atom stereocenters. The minimum absolute atomic E-state index is 0.290. The third-order valence-corrected chi connectivity index (χ3v) is 3.24. The maximum absolute atomic E-state index is 12.8. The largest absolute Gasteiger partial charge is 0.408 e. The van der Waals surface area contributed by atoms with E-state index in [0.29, 0.717) is 17.9 Å². The quantitative estimate of drug-likeness (QED) is 0.873. The van der Waals surface area contributed by atoms with Crippen LogP contribution in [0.25, 0.3) is 0 Å². The summed E-state index contributed by atoms with van der Waals surface area (Å²) < 4.78 is 50.3. The second-order valence-electron chi connectivity index (χ2n) is 4.00. The molecule has 1 N–H and O–H groups in total. The fraction of sp³-hybridized carbons (Fsp3) is 0.364. The summed E-state index contributed by atoms with van der Waals surface area (Å²) in [7, 11) is 0. The van der Waals surface area contributed by atoms with Gasteiger partial charge in [-0.15, -0.1) is 11.3 Å². The number of rotatable bonds is 4. The molecular formula is C11H11F4N3S. The fourth-order valence-corrected chi connectivity index (χ4v) is 2.25. The van der Waals surface area contributed by atoms with Crippen molar-refractivity contribution in [2.75, 3.05) is 5.32 Å². The molecule has 0 aliphatic carbocycles. The molecule has 0 bridgehead atoms. The van der Waals surface area contributed by atoms with Crippen LogP contribution in [0.4, 0.5) is 23.2 Å². The molecule has 2 heterocycles. The van der Waals surface area contributed by atoms with E-state index in [4.69, 9.17) is 0 Å². The Morgan fingerprint density at radius 2 is 2.11 bits per heavy atom. The van der Waals surface area contributed by atoms with Crippen molar-refractivity contribution >= 4 is 17.0 Å². The van der Waals surface area contributed by atoms with E-state index in [1.165, 1.54) is 12.3 Å². The van der Waals surface area contributed by atoms with Gasteiger partial charge in [-0.05, 0) is 19.1 Å². The first-order chi connectivity index (χ1) is 8.83. The molecule has 0 aliphatic rings. The highest BCUT2D eigenvalue weighted by Crippen LogP contribution is 2.21. The van der Waals surface area contributed by atoms with Crippen LogP contribution in [-0.4, -0.2) is 16.0 Å². The highest BCUT2D eigenvalue weighted by Gasteiger charge is 2.28. The summed E-state index contributed by atoms with van der Waals surface area (Å²) in [6.07, 6.45) is -3.00. The Morgan fingerprint density at radius 1 is 1.37 bits per heavy atom. The van der Waals surface area contributed by atoms with Crippen molar-refractivity contribution in [2.24, 2.45) is 0 Å². The lowest BCUT2D eigenvalue weighted by Crippen LogP contribution is -2.17. The van der Waals surface area contributed by atoms with Crippen molar-refractivity contribution in [1.82, 2.24) is 9.78 Å². The molecule has 2 aromatic heterocycles. The second-order valence-corrected chi connectivity index (χ2v) is 5.12. The Labute approximate surface area is 110 Å². The van der Waals surface area contributed by atoms with Gasteiger partial charge in [0.05, 0.1) is 11.4 Å². The molecular weight excluding hydrogens is 282 g/mol. The number of hydrogen-bond donors (Lipinski definition) is 1. The Kier molecular flexibility index (Phi) is 3.79. The van der Waals surface area contributed by atoms with E-state index in [9.17, 15) is 17.6 Å². The van der Waals surface area contributed by atoms with Crippen LogP contribution in [0.1, 0.15) is 10.6 Å². The number of aromatic nitrogens is 2. The smallest absolute Gasteiger partial charge is 0.377 e. The first-order valence-corrected chi connectivity index (χ1v) is 6.24. The third-order valence-electron chi connectivity index (χ3n) is 2.37. The van der Waals surface area contributed by atoms with Crippen LogP contribution in [-0.2, 0) is 13.1 Å². The minimum atomic E-state index is -4.30. The molecule has 0 saturated carbocycles. The van der Waals surface area contributed by atoms with Gasteiger partial charge in [-0.2, -0.15) is 22.7 Å². The molecule has 104 valence electrons. The highest BCUT2D eigenvalue weighted by molar-refractivity contribution is 7.10. The lowest BCUT2D eigenvalue weighted by molar-refractivity contribution is -0.142. The molecule has 0 unspecified atom stereocenters. The lowest BCUT2D eigenvalue weighted by Gasteiger charge is -2.05. The zero-order chi connectivity index (χ0) is 14.0. The molecule has 0 aliphatic heterocycles. The number of nitrogens with zero attached hydrogens (tertiary/aromatic N) is 2. The molecule has 19 heavy (non-hydrogen) atoms. The Bertz CT molecular complexity index is 559. The van der Waals surface area contributed by atoms with E-state index in [-0.39, 0.29) is 5.13 Å². The minimum Gasteiger partial charge on any atom is -0.377 e. The molecule has 2 rings (SSSR count). The van der Waals surface area contributed by atoms with Crippen molar-refractivity contribution in [3.63, 3.8) is 0 Å². The van der Waals surface area contributed by atoms with E-state index in [2.05, 4.69) is 10.4 Å². The van der Waals surface area contributed by atoms with Gasteiger partial charge in [-0.3, -0.25) is 4.68 Å². The van der Waals surface area contributed by atoms with Crippen LogP contribution in [0.15, 0.2) is 18.3 Å². The predicted octanol–water partition coefficient (Wildman–Crippen LogP) is 3.57. The Hall–Kier alpha value is -1.57. The summed E-state index contributed by atoms with van der Waals surface area (Å²) in [5, 5.41) is 6.43. The lowest BCUT2D eigenvalue weighted by atomic mass is 10.4. The number of aryl methyl sites for hydroxylation is 1. The normalized spacial score (nSPS) is 11.8. The van der Waals surface area contributed by atoms with E-state index in [1.807, 2.05) is 0 Å². The van der Waals surface area contributed by atoms with E-state index >= 15 is 0 Å². The average Bonchev–Trinajstić information content (AvgIpc) is 2.80. The Balaban J connectivity index is 2.01. The van der Waals surface area contributed by atoms with E-state index < -0.39 is 12.7 Å². The van der Waals surface area contributed by atoms with Gasteiger partial charge in [-0.1, -0.05) is 0 Å². The summed E-state index contributed by atoms with van der Waals surface area (Å²) in [4.78, 5) is 0.764. The number of hydrogen-bond acceptors (Lipinski definition) is 3. The van der Waals surface area contributed by atoms with Crippen molar-refractivity contribution in [1.29, 1.82) is 0 Å². The summed E-state index contributed by atoms with van der Waals surface area (Å²) in [6, 6.07) is 2.98. The SMILES string of the molecule is Cc1nn(CC(F)(F)F)cc1NCc1ccc(F)s1. The zero-order valence-electron chi connectivity index (χ0n) is 9.96. The maximum atomic E-state index is 12.8. The maximum Gasteiger partial charge on any atom is 0.408 e.